The van der Waals surface area contributed by atoms with Gasteiger partial charge >= 0.3 is 6.03 Å². The molecule has 0 unspecified atom stereocenters. The summed E-state index contributed by atoms with van der Waals surface area (Å²) >= 11 is 1.29. The summed E-state index contributed by atoms with van der Waals surface area (Å²) in [5.41, 5.74) is 2.27. The van der Waals surface area contributed by atoms with Crippen molar-refractivity contribution in [3.8, 4) is 10.6 Å². The quantitative estimate of drug-likeness (QED) is 0.587. The molecule has 7 nitrogen and oxygen atoms in total. The molecule has 3 heterocycles. The zero-order chi connectivity index (χ0) is 17.1. The molecule has 0 spiro atoms. The zero-order valence-corrected chi connectivity index (χ0v) is 13.7. The molecule has 0 fully saturated rings. The van der Waals surface area contributed by atoms with Crippen LogP contribution in [0.5, 0.6) is 0 Å². The van der Waals surface area contributed by atoms with Gasteiger partial charge in [0.05, 0.1) is 11.2 Å². The van der Waals surface area contributed by atoms with Crippen LogP contribution in [0.4, 0.5) is 15.6 Å². The standard InChI is InChI=1S/C17H12N6OS/c24-16(20-13-5-1-3-11-4-2-8-19-14(11)13)21-17-23-22-15(25-17)12-6-9-18-10-7-12/h1-10H,(H2,20,21,23,24). The Kier molecular flexibility index (Phi) is 4.01. The first-order chi connectivity index (χ1) is 12.3. The highest BCUT2D eigenvalue weighted by molar-refractivity contribution is 7.18. The molecule has 2 N–H and O–H groups in total. The number of anilines is 2. The Morgan fingerprint density at radius 1 is 0.920 bits per heavy atom. The molecule has 0 saturated heterocycles. The summed E-state index contributed by atoms with van der Waals surface area (Å²) in [7, 11) is 0. The number of carbonyl (C=O) groups excluding carboxylic acids is 1. The van der Waals surface area contributed by atoms with E-state index in [0.29, 0.717) is 15.8 Å². The van der Waals surface area contributed by atoms with E-state index in [0.717, 1.165) is 16.5 Å². The minimum atomic E-state index is -0.393. The summed E-state index contributed by atoms with van der Waals surface area (Å²) in [6.45, 7) is 0. The number of nitrogens with one attached hydrogen (secondary N) is 2. The summed E-state index contributed by atoms with van der Waals surface area (Å²) in [6.07, 6.45) is 5.06. The first-order valence-electron chi connectivity index (χ1n) is 7.45. The maximum Gasteiger partial charge on any atom is 0.325 e. The third kappa shape index (κ3) is 3.29. The van der Waals surface area contributed by atoms with Crippen molar-refractivity contribution < 1.29 is 4.79 Å². The van der Waals surface area contributed by atoms with Gasteiger partial charge in [0.15, 0.2) is 0 Å². The molecule has 4 aromatic rings. The topological polar surface area (TPSA) is 92.7 Å². The van der Waals surface area contributed by atoms with E-state index in [-0.39, 0.29) is 0 Å². The summed E-state index contributed by atoms with van der Waals surface area (Å²) in [5, 5.41) is 15.7. The molecule has 8 heteroatoms. The second-order valence-electron chi connectivity index (χ2n) is 5.11. The van der Waals surface area contributed by atoms with Crippen LogP contribution in [0, 0.1) is 0 Å². The molecule has 0 aliphatic heterocycles. The molecule has 0 bridgehead atoms. The highest BCUT2D eigenvalue weighted by atomic mass is 32.1. The van der Waals surface area contributed by atoms with Gasteiger partial charge in [0.1, 0.15) is 5.01 Å². The predicted molar refractivity (Wildman–Crippen MR) is 97.5 cm³/mol. The van der Waals surface area contributed by atoms with Gasteiger partial charge in [-0.05, 0) is 24.3 Å². The maximum atomic E-state index is 12.3. The average Bonchev–Trinajstić information content (AvgIpc) is 3.11. The number of pyridine rings is 2. The average molecular weight is 348 g/mol. The van der Waals surface area contributed by atoms with E-state index in [9.17, 15) is 4.79 Å². The normalized spacial score (nSPS) is 10.6. The monoisotopic (exact) mass is 348 g/mol. The van der Waals surface area contributed by atoms with Crippen molar-refractivity contribution >= 4 is 39.1 Å². The lowest BCUT2D eigenvalue weighted by atomic mass is 10.2. The first-order valence-corrected chi connectivity index (χ1v) is 8.27. The molecule has 25 heavy (non-hydrogen) atoms. The number of fused-ring (bicyclic) bond motifs is 1. The van der Waals surface area contributed by atoms with Crippen molar-refractivity contribution in [2.24, 2.45) is 0 Å². The van der Waals surface area contributed by atoms with E-state index in [1.54, 1.807) is 24.7 Å². The smallest absolute Gasteiger partial charge is 0.306 e. The van der Waals surface area contributed by atoms with E-state index in [1.807, 2.05) is 36.4 Å². The number of para-hydroxylation sites is 1. The van der Waals surface area contributed by atoms with Crippen LogP contribution in [-0.4, -0.2) is 26.2 Å². The van der Waals surface area contributed by atoms with Gasteiger partial charge in [0, 0.05) is 29.5 Å². The van der Waals surface area contributed by atoms with Crippen LogP contribution in [-0.2, 0) is 0 Å². The van der Waals surface area contributed by atoms with Gasteiger partial charge in [-0.2, -0.15) is 0 Å². The summed E-state index contributed by atoms with van der Waals surface area (Å²) < 4.78 is 0. The molecule has 2 amide bonds. The summed E-state index contributed by atoms with van der Waals surface area (Å²) in [4.78, 5) is 20.5. The van der Waals surface area contributed by atoms with Crippen molar-refractivity contribution in [2.75, 3.05) is 10.6 Å². The van der Waals surface area contributed by atoms with Crippen LogP contribution < -0.4 is 10.6 Å². The largest absolute Gasteiger partial charge is 0.325 e. The molecular formula is C17H12N6OS. The third-order valence-electron chi connectivity index (χ3n) is 3.45. The lowest BCUT2D eigenvalue weighted by Gasteiger charge is -2.07. The second-order valence-corrected chi connectivity index (χ2v) is 6.09. The van der Waals surface area contributed by atoms with Gasteiger partial charge in [-0.1, -0.05) is 29.5 Å². The fraction of sp³-hybridized carbons (Fsp3) is 0. The van der Waals surface area contributed by atoms with Gasteiger partial charge in [-0.25, -0.2) is 4.79 Å². The molecule has 0 aliphatic rings. The van der Waals surface area contributed by atoms with Gasteiger partial charge in [-0.15, -0.1) is 10.2 Å². The van der Waals surface area contributed by atoms with Crippen LogP contribution in [0.3, 0.4) is 0 Å². The van der Waals surface area contributed by atoms with Crippen molar-refractivity contribution in [1.29, 1.82) is 0 Å². The Labute approximate surface area is 146 Å². The van der Waals surface area contributed by atoms with Crippen molar-refractivity contribution in [3.63, 3.8) is 0 Å². The van der Waals surface area contributed by atoms with Crippen LogP contribution >= 0.6 is 11.3 Å². The molecule has 122 valence electrons. The van der Waals surface area contributed by atoms with Crippen LogP contribution in [0.2, 0.25) is 0 Å². The number of hydrogen-bond acceptors (Lipinski definition) is 6. The minimum Gasteiger partial charge on any atom is -0.306 e. The van der Waals surface area contributed by atoms with Crippen molar-refractivity contribution in [2.45, 2.75) is 0 Å². The molecule has 0 atom stereocenters. The number of amides is 2. The molecule has 3 aromatic heterocycles. The van der Waals surface area contributed by atoms with Crippen molar-refractivity contribution in [3.05, 3.63) is 61.1 Å². The molecule has 0 saturated carbocycles. The van der Waals surface area contributed by atoms with Gasteiger partial charge in [0.2, 0.25) is 5.13 Å². The molecule has 0 aliphatic carbocycles. The minimum absolute atomic E-state index is 0.393. The second kappa shape index (κ2) is 6.62. The zero-order valence-electron chi connectivity index (χ0n) is 12.9. The number of aromatic nitrogens is 4. The Hall–Kier alpha value is -3.39. The van der Waals surface area contributed by atoms with Crippen LogP contribution in [0.15, 0.2) is 61.1 Å². The van der Waals surface area contributed by atoms with E-state index in [1.165, 1.54) is 11.3 Å². The van der Waals surface area contributed by atoms with Crippen LogP contribution in [0.1, 0.15) is 0 Å². The number of hydrogen-bond donors (Lipinski definition) is 2. The number of carbonyl (C=O) groups is 1. The Morgan fingerprint density at radius 2 is 1.76 bits per heavy atom. The van der Waals surface area contributed by atoms with E-state index >= 15 is 0 Å². The molecule has 0 radical (unpaired) electrons. The van der Waals surface area contributed by atoms with E-state index < -0.39 is 6.03 Å². The summed E-state index contributed by atoms with van der Waals surface area (Å²) in [6, 6.07) is 12.7. The molecule has 4 rings (SSSR count). The fourth-order valence-corrected chi connectivity index (χ4v) is 3.08. The SMILES string of the molecule is O=C(Nc1nnc(-c2ccncc2)s1)Nc1cccc2cccnc12. The van der Waals surface area contributed by atoms with E-state index in [4.69, 9.17) is 0 Å². The van der Waals surface area contributed by atoms with Crippen molar-refractivity contribution in [1.82, 2.24) is 20.2 Å². The first kappa shape index (κ1) is 15.2. The number of urea groups is 1. The fourth-order valence-electron chi connectivity index (χ4n) is 2.34. The van der Waals surface area contributed by atoms with Gasteiger partial charge in [-0.3, -0.25) is 15.3 Å². The number of benzene rings is 1. The lowest BCUT2D eigenvalue weighted by molar-refractivity contribution is 0.262. The summed E-state index contributed by atoms with van der Waals surface area (Å²) in [5.74, 6) is 0. The predicted octanol–water partition coefficient (Wildman–Crippen LogP) is 3.79. The Bertz CT molecular complexity index is 1030. The van der Waals surface area contributed by atoms with Gasteiger partial charge < -0.3 is 5.32 Å². The lowest BCUT2D eigenvalue weighted by Crippen LogP contribution is -2.19. The van der Waals surface area contributed by atoms with Crippen LogP contribution in [0.25, 0.3) is 21.5 Å². The van der Waals surface area contributed by atoms with Gasteiger partial charge in [0.25, 0.3) is 0 Å². The van der Waals surface area contributed by atoms with E-state index in [2.05, 4.69) is 30.8 Å². The molecular weight excluding hydrogens is 336 g/mol. The Balaban J connectivity index is 1.50. The number of rotatable bonds is 3. The maximum absolute atomic E-state index is 12.3. The molecule has 1 aromatic carbocycles. The Morgan fingerprint density at radius 3 is 2.64 bits per heavy atom. The third-order valence-corrected chi connectivity index (χ3v) is 4.34. The number of nitrogens with zero attached hydrogens (tertiary/aromatic N) is 4. The highest BCUT2D eigenvalue weighted by Crippen LogP contribution is 2.26. The highest BCUT2D eigenvalue weighted by Gasteiger charge is 2.11.